The lowest BCUT2D eigenvalue weighted by molar-refractivity contribution is -0.120. The molecule has 1 aliphatic rings. The van der Waals surface area contributed by atoms with Crippen LogP contribution in [0.1, 0.15) is 16.1 Å². The fourth-order valence-electron chi connectivity index (χ4n) is 3.89. The Hall–Kier alpha value is -4.27. The highest BCUT2D eigenvalue weighted by Crippen LogP contribution is 2.29. The fraction of sp³-hybridized carbons (Fsp3) is 0.167. The van der Waals surface area contributed by atoms with Crippen LogP contribution in [0.15, 0.2) is 59.1 Å². The average Bonchev–Trinajstić information content (AvgIpc) is 3.20. The summed E-state index contributed by atoms with van der Waals surface area (Å²) in [6, 6.07) is 15.0. The monoisotopic (exact) mass is 445 g/mol. The van der Waals surface area contributed by atoms with Crippen molar-refractivity contribution >= 4 is 34.3 Å². The summed E-state index contributed by atoms with van der Waals surface area (Å²) in [6.07, 6.45) is 0. The van der Waals surface area contributed by atoms with Gasteiger partial charge in [0.2, 0.25) is 5.91 Å². The first kappa shape index (κ1) is 20.6. The lowest BCUT2D eigenvalue weighted by Gasteiger charge is -2.28. The lowest BCUT2D eigenvalue weighted by atomic mass is 10.0. The van der Waals surface area contributed by atoms with Crippen LogP contribution in [0.3, 0.4) is 0 Å². The van der Waals surface area contributed by atoms with Gasteiger partial charge in [0, 0.05) is 30.0 Å². The standard InChI is InChI=1S/C24H20FN5O3/c1-14-22-18(12-20(28-24(22)33-29-14)17-4-2-3-5-19(17)25)23(32)27-15-6-8-16(9-7-15)30-11-10-26-21(31)13-30/h2-9,12H,10-11,13H2,1H3,(H,26,31)(H,27,32). The predicted octanol–water partition coefficient (Wildman–Crippen LogP) is 3.53. The maximum Gasteiger partial charge on any atom is 0.259 e. The Labute approximate surface area is 188 Å². The summed E-state index contributed by atoms with van der Waals surface area (Å²) in [6.45, 7) is 3.33. The number of aryl methyl sites for hydroxylation is 1. The van der Waals surface area contributed by atoms with Gasteiger partial charge in [-0.25, -0.2) is 9.37 Å². The maximum absolute atomic E-state index is 14.4. The largest absolute Gasteiger partial charge is 0.360 e. The molecule has 0 atom stereocenters. The summed E-state index contributed by atoms with van der Waals surface area (Å²) < 4.78 is 19.6. The van der Waals surface area contributed by atoms with Gasteiger partial charge < -0.3 is 20.1 Å². The van der Waals surface area contributed by atoms with E-state index in [1.165, 1.54) is 6.07 Å². The second kappa shape index (κ2) is 8.34. The second-order valence-corrected chi connectivity index (χ2v) is 7.76. The van der Waals surface area contributed by atoms with Crippen molar-refractivity contribution in [1.82, 2.24) is 15.5 Å². The van der Waals surface area contributed by atoms with Crippen molar-refractivity contribution in [2.24, 2.45) is 0 Å². The van der Waals surface area contributed by atoms with E-state index < -0.39 is 11.7 Å². The molecule has 2 amide bonds. The third-order valence-electron chi connectivity index (χ3n) is 5.54. The van der Waals surface area contributed by atoms with Crippen molar-refractivity contribution in [2.75, 3.05) is 29.9 Å². The van der Waals surface area contributed by atoms with Crippen molar-refractivity contribution in [3.63, 3.8) is 0 Å². The number of anilines is 2. The van der Waals surface area contributed by atoms with Crippen LogP contribution >= 0.6 is 0 Å². The zero-order valence-electron chi connectivity index (χ0n) is 17.8. The summed E-state index contributed by atoms with van der Waals surface area (Å²) in [4.78, 5) is 31.2. The van der Waals surface area contributed by atoms with Crippen LogP contribution in [-0.2, 0) is 4.79 Å². The highest BCUT2D eigenvalue weighted by molar-refractivity contribution is 6.13. The van der Waals surface area contributed by atoms with Gasteiger partial charge in [0.25, 0.3) is 11.6 Å². The first-order valence-corrected chi connectivity index (χ1v) is 10.4. The molecule has 0 unspecified atom stereocenters. The van der Waals surface area contributed by atoms with E-state index >= 15 is 0 Å². The zero-order valence-corrected chi connectivity index (χ0v) is 17.8. The summed E-state index contributed by atoms with van der Waals surface area (Å²) in [5.41, 5.74) is 2.98. The van der Waals surface area contributed by atoms with E-state index in [1.807, 2.05) is 17.0 Å². The molecule has 2 N–H and O–H groups in total. The molecule has 0 radical (unpaired) electrons. The van der Waals surface area contributed by atoms with Gasteiger partial charge in [-0.15, -0.1) is 0 Å². The van der Waals surface area contributed by atoms with E-state index in [1.54, 1.807) is 43.3 Å². The van der Waals surface area contributed by atoms with Crippen LogP contribution in [-0.4, -0.2) is 41.6 Å². The average molecular weight is 445 g/mol. The number of nitrogens with one attached hydrogen (secondary N) is 2. The van der Waals surface area contributed by atoms with Gasteiger partial charge in [-0.2, -0.15) is 0 Å². The third kappa shape index (κ3) is 4.00. The number of nitrogens with zero attached hydrogens (tertiary/aromatic N) is 3. The number of carbonyl (C=O) groups excluding carboxylic acids is 2. The molecular weight excluding hydrogens is 425 g/mol. The lowest BCUT2D eigenvalue weighted by Crippen LogP contribution is -2.47. The SMILES string of the molecule is Cc1noc2nc(-c3ccccc3F)cc(C(=O)Nc3ccc(N4CCNC(=O)C4)cc3)c12. The number of halogens is 1. The molecule has 9 heteroatoms. The number of rotatable bonds is 4. The van der Waals surface area contributed by atoms with Gasteiger partial charge in [-0.1, -0.05) is 17.3 Å². The molecule has 166 valence electrons. The molecule has 0 bridgehead atoms. The number of aromatic nitrogens is 2. The van der Waals surface area contributed by atoms with Crippen molar-refractivity contribution < 1.29 is 18.5 Å². The van der Waals surface area contributed by atoms with Crippen molar-refractivity contribution in [3.8, 4) is 11.3 Å². The van der Waals surface area contributed by atoms with Crippen LogP contribution in [0, 0.1) is 12.7 Å². The van der Waals surface area contributed by atoms with E-state index in [0.29, 0.717) is 29.9 Å². The number of piperazine rings is 1. The smallest absolute Gasteiger partial charge is 0.259 e. The molecule has 0 saturated carbocycles. The van der Waals surface area contributed by atoms with Crippen LogP contribution in [0.2, 0.25) is 0 Å². The predicted molar refractivity (Wildman–Crippen MR) is 122 cm³/mol. The van der Waals surface area contributed by atoms with Crippen LogP contribution in [0.5, 0.6) is 0 Å². The number of pyridine rings is 1. The molecule has 3 heterocycles. The van der Waals surface area contributed by atoms with E-state index in [4.69, 9.17) is 4.52 Å². The first-order chi connectivity index (χ1) is 16.0. The van der Waals surface area contributed by atoms with Gasteiger partial charge in [0.15, 0.2) is 0 Å². The number of fused-ring (bicyclic) bond motifs is 1. The molecule has 1 aliphatic heterocycles. The molecule has 1 fully saturated rings. The maximum atomic E-state index is 14.4. The Kier molecular flexibility index (Phi) is 5.21. The molecule has 2 aromatic heterocycles. The molecule has 33 heavy (non-hydrogen) atoms. The molecule has 1 saturated heterocycles. The van der Waals surface area contributed by atoms with Gasteiger partial charge in [-0.3, -0.25) is 9.59 Å². The Balaban J connectivity index is 1.45. The fourth-order valence-corrected chi connectivity index (χ4v) is 3.89. The first-order valence-electron chi connectivity index (χ1n) is 10.4. The molecule has 4 aromatic rings. The molecule has 0 spiro atoms. The summed E-state index contributed by atoms with van der Waals surface area (Å²) in [5, 5.41) is 10.1. The second-order valence-electron chi connectivity index (χ2n) is 7.76. The van der Waals surface area contributed by atoms with E-state index in [2.05, 4.69) is 20.8 Å². The van der Waals surface area contributed by atoms with Crippen molar-refractivity contribution in [1.29, 1.82) is 0 Å². The van der Waals surface area contributed by atoms with E-state index in [0.717, 1.165) is 12.2 Å². The highest BCUT2D eigenvalue weighted by Gasteiger charge is 2.21. The minimum absolute atomic E-state index is 0.0184. The van der Waals surface area contributed by atoms with Gasteiger partial charge >= 0.3 is 0 Å². The zero-order chi connectivity index (χ0) is 22.9. The number of carbonyl (C=O) groups is 2. The van der Waals surface area contributed by atoms with Gasteiger partial charge in [0.1, 0.15) is 5.82 Å². The third-order valence-corrected chi connectivity index (χ3v) is 5.54. The van der Waals surface area contributed by atoms with Crippen LogP contribution in [0.4, 0.5) is 15.8 Å². The number of hydrogen-bond acceptors (Lipinski definition) is 6. The topological polar surface area (TPSA) is 100 Å². The molecular formula is C24H20FN5O3. The molecule has 8 nitrogen and oxygen atoms in total. The van der Waals surface area contributed by atoms with E-state index in [-0.39, 0.29) is 28.4 Å². The normalized spacial score (nSPS) is 13.8. The van der Waals surface area contributed by atoms with E-state index in [9.17, 15) is 14.0 Å². The van der Waals surface area contributed by atoms with Gasteiger partial charge in [0.05, 0.1) is 28.9 Å². The number of benzene rings is 2. The minimum Gasteiger partial charge on any atom is -0.360 e. The Morgan fingerprint density at radius 3 is 2.73 bits per heavy atom. The summed E-state index contributed by atoms with van der Waals surface area (Å²) >= 11 is 0. The molecule has 2 aromatic carbocycles. The quantitative estimate of drug-likeness (QED) is 0.499. The Morgan fingerprint density at radius 1 is 1.18 bits per heavy atom. The van der Waals surface area contributed by atoms with Crippen molar-refractivity contribution in [3.05, 3.63) is 71.7 Å². The molecule has 5 rings (SSSR count). The highest BCUT2D eigenvalue weighted by atomic mass is 19.1. The van der Waals surface area contributed by atoms with Crippen LogP contribution < -0.4 is 15.5 Å². The number of hydrogen-bond donors (Lipinski definition) is 2. The number of amides is 2. The van der Waals surface area contributed by atoms with Crippen LogP contribution in [0.25, 0.3) is 22.4 Å². The Morgan fingerprint density at radius 2 is 1.97 bits per heavy atom. The van der Waals surface area contributed by atoms with Gasteiger partial charge in [-0.05, 0) is 49.4 Å². The Bertz CT molecular complexity index is 1370. The molecule has 0 aliphatic carbocycles. The minimum atomic E-state index is -0.450. The van der Waals surface area contributed by atoms with Crippen molar-refractivity contribution in [2.45, 2.75) is 6.92 Å². The summed E-state index contributed by atoms with van der Waals surface area (Å²) in [5.74, 6) is -0.861. The summed E-state index contributed by atoms with van der Waals surface area (Å²) in [7, 11) is 0.